The molecule has 1 unspecified atom stereocenters. The molecule has 0 N–H and O–H groups in total. The van der Waals surface area contributed by atoms with Gasteiger partial charge in [-0.2, -0.15) is 0 Å². The molecule has 22 heavy (non-hydrogen) atoms. The van der Waals surface area contributed by atoms with Gasteiger partial charge in [0.15, 0.2) is 0 Å². The van der Waals surface area contributed by atoms with E-state index in [0.717, 1.165) is 4.90 Å². The third-order valence-corrected chi connectivity index (χ3v) is 4.29. The quantitative estimate of drug-likeness (QED) is 0.782. The zero-order valence-corrected chi connectivity index (χ0v) is 14.4. The number of rotatable bonds is 4. The second-order valence-corrected chi connectivity index (χ2v) is 7.05. The summed E-state index contributed by atoms with van der Waals surface area (Å²) in [5, 5.41) is 0.480. The smallest absolute Gasteiger partial charge is 0.245 e. The number of hydrogen-bond acceptors (Lipinski definition) is 3. The van der Waals surface area contributed by atoms with Gasteiger partial charge in [-0.3, -0.25) is 14.4 Å². The highest BCUT2D eigenvalue weighted by Crippen LogP contribution is 2.25. The van der Waals surface area contributed by atoms with Crippen LogP contribution in [0.25, 0.3) is 0 Å². The first-order valence-electron chi connectivity index (χ1n) is 7.15. The normalized spacial score (nSPS) is 13.4. The van der Waals surface area contributed by atoms with E-state index in [9.17, 15) is 4.79 Å². The summed E-state index contributed by atoms with van der Waals surface area (Å²) < 4.78 is 1.62. The molecule has 1 atom stereocenters. The van der Waals surface area contributed by atoms with Gasteiger partial charge in [0.1, 0.15) is 5.49 Å². The van der Waals surface area contributed by atoms with Crippen LogP contribution >= 0.6 is 23.4 Å². The zero-order valence-electron chi connectivity index (χ0n) is 12.9. The van der Waals surface area contributed by atoms with Crippen molar-refractivity contribution in [3.8, 4) is 0 Å². The van der Waals surface area contributed by atoms with Crippen molar-refractivity contribution < 1.29 is 4.79 Å². The van der Waals surface area contributed by atoms with Crippen molar-refractivity contribution in [1.82, 2.24) is 4.57 Å². The molecule has 5 heteroatoms. The average Bonchev–Trinajstić information content (AvgIpc) is 2.49. The van der Waals surface area contributed by atoms with Crippen LogP contribution in [0.1, 0.15) is 25.6 Å². The zero-order chi connectivity index (χ0) is 16.1. The predicted molar refractivity (Wildman–Crippen MR) is 92.5 cm³/mol. The minimum atomic E-state index is -0.213. The lowest BCUT2D eigenvalue weighted by Crippen LogP contribution is -2.32. The van der Waals surface area contributed by atoms with Gasteiger partial charge in [-0.05, 0) is 57.2 Å². The monoisotopic (exact) mass is 334 g/mol. The lowest BCUT2D eigenvalue weighted by atomic mass is 10.3. The molecule has 0 spiro atoms. The van der Waals surface area contributed by atoms with E-state index < -0.39 is 0 Å². The van der Waals surface area contributed by atoms with Crippen LogP contribution in [0, 0.1) is 0 Å². The van der Waals surface area contributed by atoms with Crippen molar-refractivity contribution in [2.24, 2.45) is 4.99 Å². The molecular formula is C17H19ClN2OS. The Balaban J connectivity index is 2.22. The van der Waals surface area contributed by atoms with E-state index in [2.05, 4.69) is 4.99 Å². The lowest BCUT2D eigenvalue weighted by Gasteiger charge is -2.13. The average molecular weight is 335 g/mol. The van der Waals surface area contributed by atoms with Gasteiger partial charge in [-0.1, -0.05) is 17.7 Å². The van der Waals surface area contributed by atoms with E-state index in [4.69, 9.17) is 11.6 Å². The van der Waals surface area contributed by atoms with Gasteiger partial charge >= 0.3 is 0 Å². The molecule has 2 aromatic rings. The number of benzene rings is 1. The Bertz CT molecular complexity index is 707. The van der Waals surface area contributed by atoms with E-state index in [1.54, 1.807) is 10.8 Å². The van der Waals surface area contributed by atoms with Gasteiger partial charge in [0.05, 0.1) is 5.25 Å². The summed E-state index contributed by atoms with van der Waals surface area (Å²) in [6, 6.07) is 13.2. The van der Waals surface area contributed by atoms with Crippen LogP contribution in [-0.2, 0) is 0 Å². The molecule has 3 nitrogen and oxygen atoms in total. The molecular weight excluding hydrogens is 316 g/mol. The predicted octanol–water partition coefficient (Wildman–Crippen LogP) is 4.27. The fourth-order valence-corrected chi connectivity index (χ4v) is 3.00. The van der Waals surface area contributed by atoms with Crippen LogP contribution in [-0.4, -0.2) is 21.8 Å². The Kier molecular flexibility index (Phi) is 5.86. The van der Waals surface area contributed by atoms with Gasteiger partial charge in [0.25, 0.3) is 0 Å². The summed E-state index contributed by atoms with van der Waals surface area (Å²) in [5.41, 5.74) is 0.686. The van der Waals surface area contributed by atoms with E-state index in [1.165, 1.54) is 11.8 Å². The molecule has 0 saturated heterocycles. The van der Waals surface area contributed by atoms with Gasteiger partial charge in [0, 0.05) is 22.2 Å². The van der Waals surface area contributed by atoms with Crippen molar-refractivity contribution in [1.29, 1.82) is 0 Å². The summed E-state index contributed by atoms with van der Waals surface area (Å²) >= 11 is 7.40. The number of aromatic nitrogens is 1. The molecule has 2 rings (SSSR count). The van der Waals surface area contributed by atoms with Crippen LogP contribution < -0.4 is 5.49 Å². The number of halogens is 1. The third kappa shape index (κ3) is 4.49. The van der Waals surface area contributed by atoms with Crippen LogP contribution in [0.5, 0.6) is 0 Å². The van der Waals surface area contributed by atoms with Crippen molar-refractivity contribution >= 4 is 29.3 Å². The Hall–Kier alpha value is -1.52. The largest absolute Gasteiger partial charge is 0.273 e. The topological polar surface area (TPSA) is 34.4 Å². The van der Waals surface area contributed by atoms with Gasteiger partial charge in [-0.25, -0.2) is 0 Å². The number of carbonyl (C=O) groups is 1. The summed E-state index contributed by atoms with van der Waals surface area (Å²) in [6.07, 6.45) is 1.77. The van der Waals surface area contributed by atoms with Crippen LogP contribution in [0.2, 0.25) is 5.02 Å². The van der Waals surface area contributed by atoms with E-state index >= 15 is 0 Å². The van der Waals surface area contributed by atoms with E-state index in [1.807, 2.05) is 63.2 Å². The number of thioether (sulfide) groups is 1. The molecule has 0 saturated carbocycles. The first kappa shape index (κ1) is 16.8. The van der Waals surface area contributed by atoms with Crippen molar-refractivity contribution in [2.75, 3.05) is 0 Å². The van der Waals surface area contributed by atoms with Crippen molar-refractivity contribution in [3.05, 3.63) is 59.2 Å². The van der Waals surface area contributed by atoms with Crippen LogP contribution in [0.3, 0.4) is 0 Å². The van der Waals surface area contributed by atoms with E-state index in [-0.39, 0.29) is 17.2 Å². The molecule has 0 aliphatic carbocycles. The van der Waals surface area contributed by atoms with Crippen molar-refractivity contribution in [2.45, 2.75) is 37.0 Å². The fourth-order valence-electron chi connectivity index (χ4n) is 1.95. The van der Waals surface area contributed by atoms with Gasteiger partial charge in [-0.15, -0.1) is 11.8 Å². The third-order valence-electron chi connectivity index (χ3n) is 2.94. The summed E-state index contributed by atoms with van der Waals surface area (Å²) in [7, 11) is 0. The van der Waals surface area contributed by atoms with E-state index in [0.29, 0.717) is 10.5 Å². The van der Waals surface area contributed by atoms with Gasteiger partial charge < -0.3 is 0 Å². The highest BCUT2D eigenvalue weighted by atomic mass is 35.5. The summed E-state index contributed by atoms with van der Waals surface area (Å²) in [4.78, 5) is 18.2. The molecule has 0 radical (unpaired) electrons. The second-order valence-electron chi connectivity index (χ2n) is 5.20. The van der Waals surface area contributed by atoms with Crippen LogP contribution in [0.15, 0.2) is 58.5 Å². The first-order chi connectivity index (χ1) is 10.5. The maximum atomic E-state index is 12.7. The molecule has 1 aromatic carbocycles. The molecule has 1 heterocycles. The minimum Gasteiger partial charge on any atom is -0.273 e. The molecule has 0 bridgehead atoms. The molecule has 0 amide bonds. The first-order valence-corrected chi connectivity index (χ1v) is 8.41. The van der Waals surface area contributed by atoms with Gasteiger partial charge in [0.2, 0.25) is 5.91 Å². The number of nitrogens with zero attached hydrogens (tertiary/aromatic N) is 2. The minimum absolute atomic E-state index is 0.0138. The Morgan fingerprint density at radius 2 is 1.82 bits per heavy atom. The summed E-state index contributed by atoms with van der Waals surface area (Å²) in [6.45, 7) is 5.89. The highest BCUT2D eigenvalue weighted by molar-refractivity contribution is 8.00. The maximum Gasteiger partial charge on any atom is 0.245 e. The number of pyridine rings is 1. The second kappa shape index (κ2) is 7.65. The molecule has 0 aliphatic rings. The number of hydrogen-bond donors (Lipinski definition) is 0. The molecule has 0 aliphatic heterocycles. The standard InChI is InChI=1S/C17H19ClN2OS/c1-12(2)19-16-6-4-5-11-20(16)17(21)13(3)22-15-9-7-14(18)8-10-15/h4-13H,1-3H3. The fraction of sp³-hybridized carbons (Fsp3) is 0.294. The Labute approximate surface area is 140 Å². The Morgan fingerprint density at radius 3 is 2.45 bits per heavy atom. The SMILES string of the molecule is CC(C)N=c1ccccn1C(=O)C(C)Sc1ccc(Cl)cc1. The number of carbonyl (C=O) groups excluding carboxylic acids is 1. The molecule has 1 aromatic heterocycles. The lowest BCUT2D eigenvalue weighted by molar-refractivity contribution is 0.0909. The molecule has 0 fully saturated rings. The highest BCUT2D eigenvalue weighted by Gasteiger charge is 2.16. The molecule has 116 valence electrons. The van der Waals surface area contributed by atoms with Crippen molar-refractivity contribution in [3.63, 3.8) is 0 Å². The Morgan fingerprint density at radius 1 is 1.14 bits per heavy atom. The van der Waals surface area contributed by atoms with Crippen LogP contribution in [0.4, 0.5) is 0 Å². The summed E-state index contributed by atoms with van der Waals surface area (Å²) in [5.74, 6) is 0.0138. The maximum absolute atomic E-state index is 12.7.